The van der Waals surface area contributed by atoms with Crippen molar-refractivity contribution in [1.29, 1.82) is 5.26 Å². The lowest BCUT2D eigenvalue weighted by atomic mass is 9.92. The van der Waals surface area contributed by atoms with Gasteiger partial charge in [-0.05, 0) is 57.4 Å². The topological polar surface area (TPSA) is 128 Å². The lowest BCUT2D eigenvalue weighted by molar-refractivity contribution is 0.0420. The van der Waals surface area contributed by atoms with Crippen LogP contribution in [-0.4, -0.2) is 68.8 Å². The summed E-state index contributed by atoms with van der Waals surface area (Å²) in [5.41, 5.74) is 0.863. The van der Waals surface area contributed by atoms with Gasteiger partial charge < -0.3 is 24.2 Å². The first kappa shape index (κ1) is 29.4. The predicted octanol–water partition coefficient (Wildman–Crippen LogP) is 6.54. The largest absolute Gasteiger partial charge is 0.465 e. The van der Waals surface area contributed by atoms with E-state index in [2.05, 4.69) is 11.4 Å². The molecule has 0 bridgehead atoms. The molecule has 2 aliphatic rings. The Bertz CT molecular complexity index is 1940. The molecule has 0 aliphatic carbocycles. The van der Waals surface area contributed by atoms with Crippen LogP contribution in [0, 0.1) is 29.9 Å². The van der Waals surface area contributed by atoms with Crippen molar-refractivity contribution in [3.8, 4) is 17.2 Å². The second kappa shape index (κ2) is 10.5. The van der Waals surface area contributed by atoms with E-state index in [1.54, 1.807) is 32.6 Å². The van der Waals surface area contributed by atoms with Crippen LogP contribution in [0.25, 0.3) is 32.1 Å². The zero-order chi connectivity index (χ0) is 31.7. The highest BCUT2D eigenvalue weighted by atomic mass is 32.1. The Kier molecular flexibility index (Phi) is 7.00. The molecule has 2 aromatic carbocycles. The van der Waals surface area contributed by atoms with Gasteiger partial charge in [-0.15, -0.1) is 11.3 Å². The zero-order valence-electron chi connectivity index (χ0n) is 24.5. The van der Waals surface area contributed by atoms with Gasteiger partial charge in [0.2, 0.25) is 0 Å². The van der Waals surface area contributed by atoms with Crippen LogP contribution in [0.5, 0.6) is 0 Å². The Morgan fingerprint density at radius 1 is 1.14 bits per heavy atom. The standard InChI is InChI=1S/C31H29F2N5O5S/c1-15-13-36-8-7-16-14-37(30(41)42)9-10-38(16)28(39)18-11-21(33)24(22(15)25(18)36)17-5-6-20(32)26-23(17)19(12-34)27(44-26)35-29(40)43-31(2,3)4/h5-6,11,13,16H,7-10,14H2,1-4H3,(H,35,40)(H,41,42). The van der Waals surface area contributed by atoms with E-state index >= 15 is 8.78 Å². The number of anilines is 1. The van der Waals surface area contributed by atoms with Gasteiger partial charge in [-0.3, -0.25) is 10.1 Å². The molecule has 1 fully saturated rings. The van der Waals surface area contributed by atoms with E-state index in [0.717, 1.165) is 11.3 Å². The Hall–Kier alpha value is -4.70. The summed E-state index contributed by atoms with van der Waals surface area (Å²) in [4.78, 5) is 41.0. The number of nitrogens with one attached hydrogen (secondary N) is 1. The number of nitrogens with zero attached hydrogens (tertiary/aromatic N) is 4. The van der Waals surface area contributed by atoms with E-state index in [4.69, 9.17) is 4.74 Å². The molecule has 228 valence electrons. The van der Waals surface area contributed by atoms with Crippen molar-refractivity contribution < 1.29 is 33.0 Å². The first-order valence-corrected chi connectivity index (χ1v) is 14.9. The number of hydrogen-bond acceptors (Lipinski definition) is 6. The molecule has 4 aromatic rings. The number of aryl methyl sites for hydroxylation is 2. The fourth-order valence-electron chi connectivity index (χ4n) is 6.25. The summed E-state index contributed by atoms with van der Waals surface area (Å²) < 4.78 is 38.9. The highest BCUT2D eigenvalue weighted by molar-refractivity contribution is 7.23. The van der Waals surface area contributed by atoms with Crippen molar-refractivity contribution in [1.82, 2.24) is 14.4 Å². The van der Waals surface area contributed by atoms with E-state index < -0.39 is 35.3 Å². The van der Waals surface area contributed by atoms with E-state index in [-0.39, 0.29) is 63.0 Å². The minimum atomic E-state index is -1.05. The minimum Gasteiger partial charge on any atom is -0.465 e. The smallest absolute Gasteiger partial charge is 0.412 e. The number of halogens is 2. The van der Waals surface area contributed by atoms with Gasteiger partial charge in [0.1, 0.15) is 28.3 Å². The molecule has 10 nitrogen and oxygen atoms in total. The summed E-state index contributed by atoms with van der Waals surface area (Å²) in [6.07, 6.45) is 0.458. The van der Waals surface area contributed by atoms with Crippen LogP contribution in [0.3, 0.4) is 0 Å². The normalized spacial score (nSPS) is 16.8. The van der Waals surface area contributed by atoms with Crippen molar-refractivity contribution in [3.63, 3.8) is 0 Å². The zero-order valence-corrected chi connectivity index (χ0v) is 25.3. The molecule has 2 aromatic heterocycles. The number of amides is 3. The van der Waals surface area contributed by atoms with E-state index in [1.807, 2.05) is 10.8 Å². The first-order valence-electron chi connectivity index (χ1n) is 14.0. The second-order valence-corrected chi connectivity index (χ2v) is 13.0. The molecule has 1 saturated heterocycles. The number of fused-ring (bicyclic) bond motifs is 2. The molecular formula is C31H29F2N5O5S. The number of ether oxygens (including phenoxy) is 1. The third-order valence-electron chi connectivity index (χ3n) is 8.02. The monoisotopic (exact) mass is 621 g/mol. The fourth-order valence-corrected chi connectivity index (χ4v) is 7.31. The van der Waals surface area contributed by atoms with Crippen LogP contribution in [-0.2, 0) is 11.3 Å². The molecule has 13 heteroatoms. The average Bonchev–Trinajstić information content (AvgIpc) is 3.47. The van der Waals surface area contributed by atoms with Gasteiger partial charge in [0.15, 0.2) is 0 Å². The first-order chi connectivity index (χ1) is 20.8. The maximum absolute atomic E-state index is 16.4. The molecule has 0 spiro atoms. The SMILES string of the molecule is Cc1cn2c3c(cc(F)c(-c4ccc(F)c5sc(NC(=O)OC(C)(C)C)c(C#N)c45)c13)C(=O)N1CCN(C(=O)O)CC1CC2. The van der Waals surface area contributed by atoms with Gasteiger partial charge in [0, 0.05) is 48.7 Å². The van der Waals surface area contributed by atoms with Crippen LogP contribution >= 0.6 is 11.3 Å². The third-order valence-corrected chi connectivity index (χ3v) is 9.13. The predicted molar refractivity (Wildman–Crippen MR) is 161 cm³/mol. The Morgan fingerprint density at radius 2 is 1.89 bits per heavy atom. The number of piperazine rings is 1. The van der Waals surface area contributed by atoms with Crippen LogP contribution in [0.1, 0.15) is 48.7 Å². The Morgan fingerprint density at radius 3 is 2.57 bits per heavy atom. The maximum Gasteiger partial charge on any atom is 0.412 e. The molecule has 0 saturated carbocycles. The summed E-state index contributed by atoms with van der Waals surface area (Å²) in [5.74, 6) is -1.76. The lowest BCUT2D eigenvalue weighted by Crippen LogP contribution is -2.57. The Balaban J connectivity index is 1.53. The summed E-state index contributed by atoms with van der Waals surface area (Å²) >= 11 is 0.855. The number of carboxylic acid groups (broad SMARTS) is 1. The average molecular weight is 622 g/mol. The summed E-state index contributed by atoms with van der Waals surface area (Å²) in [5, 5.41) is 22.9. The number of thiophene rings is 1. The molecule has 2 aliphatic heterocycles. The molecule has 0 radical (unpaired) electrons. The van der Waals surface area contributed by atoms with Crippen LogP contribution in [0.4, 0.5) is 23.4 Å². The van der Waals surface area contributed by atoms with Gasteiger partial charge in [0.05, 0.1) is 27.4 Å². The molecule has 4 heterocycles. The Labute approximate surface area is 255 Å². The molecular weight excluding hydrogens is 592 g/mol. The van der Waals surface area contributed by atoms with Crippen molar-refractivity contribution in [3.05, 3.63) is 52.7 Å². The van der Waals surface area contributed by atoms with E-state index in [9.17, 15) is 24.8 Å². The van der Waals surface area contributed by atoms with Crippen molar-refractivity contribution in [2.75, 3.05) is 25.0 Å². The fraction of sp³-hybridized carbons (Fsp3) is 0.355. The van der Waals surface area contributed by atoms with Crippen molar-refractivity contribution in [2.45, 2.75) is 52.3 Å². The van der Waals surface area contributed by atoms with E-state index in [1.165, 1.54) is 23.1 Å². The molecule has 1 atom stereocenters. The van der Waals surface area contributed by atoms with E-state index in [0.29, 0.717) is 29.4 Å². The number of nitriles is 1. The number of carbonyl (C=O) groups is 3. The van der Waals surface area contributed by atoms with Crippen molar-refractivity contribution in [2.24, 2.45) is 0 Å². The summed E-state index contributed by atoms with van der Waals surface area (Å²) in [7, 11) is 0. The highest BCUT2D eigenvalue weighted by Crippen LogP contribution is 2.46. The number of benzene rings is 2. The van der Waals surface area contributed by atoms with Gasteiger partial charge in [-0.25, -0.2) is 18.4 Å². The van der Waals surface area contributed by atoms with Gasteiger partial charge in [-0.2, -0.15) is 5.26 Å². The number of carbonyl (C=O) groups excluding carboxylic acids is 2. The van der Waals surface area contributed by atoms with Crippen molar-refractivity contribution >= 4 is 55.4 Å². The summed E-state index contributed by atoms with van der Waals surface area (Å²) in [6.45, 7) is 7.82. The van der Waals surface area contributed by atoms with Gasteiger partial charge >= 0.3 is 12.2 Å². The summed E-state index contributed by atoms with van der Waals surface area (Å²) in [6, 6.07) is 5.47. The third kappa shape index (κ3) is 4.79. The van der Waals surface area contributed by atoms with Gasteiger partial charge in [-0.1, -0.05) is 6.07 Å². The van der Waals surface area contributed by atoms with Gasteiger partial charge in [0.25, 0.3) is 5.91 Å². The highest BCUT2D eigenvalue weighted by Gasteiger charge is 2.37. The minimum absolute atomic E-state index is 0.0320. The molecule has 44 heavy (non-hydrogen) atoms. The number of rotatable bonds is 2. The maximum atomic E-state index is 16.4. The second-order valence-electron chi connectivity index (χ2n) is 12.0. The number of aromatic nitrogens is 1. The lowest BCUT2D eigenvalue weighted by Gasteiger charge is -2.41. The van der Waals surface area contributed by atoms with Crippen LogP contribution in [0.2, 0.25) is 0 Å². The van der Waals surface area contributed by atoms with Crippen LogP contribution in [0.15, 0.2) is 24.4 Å². The molecule has 3 amide bonds. The van der Waals surface area contributed by atoms with Crippen LogP contribution < -0.4 is 5.32 Å². The quantitative estimate of drug-likeness (QED) is 0.262. The number of hydrogen-bond donors (Lipinski definition) is 2. The molecule has 6 rings (SSSR count). The molecule has 1 unspecified atom stereocenters. The molecule has 2 N–H and O–H groups in total.